The van der Waals surface area contributed by atoms with Gasteiger partial charge in [0.15, 0.2) is 0 Å². The van der Waals surface area contributed by atoms with Crippen molar-refractivity contribution in [3.63, 3.8) is 0 Å². The number of carboxylic acid groups (broad SMARTS) is 1. The van der Waals surface area contributed by atoms with Crippen molar-refractivity contribution in [1.82, 2.24) is 9.97 Å². The van der Waals surface area contributed by atoms with Crippen molar-refractivity contribution in [2.45, 2.75) is 39.5 Å². The molecular formula is C22H22N4O4S2. The number of aromatic amines is 1. The average molecular weight is 471 g/mol. The van der Waals surface area contributed by atoms with Gasteiger partial charge < -0.3 is 20.7 Å². The molecular weight excluding hydrogens is 448 g/mol. The number of thiocarbonyl (C=S) groups is 1. The standard InChI is InChI=1S/C22H22N4O4S2/c1-3-14-19(32-10(2)24-14)21(28)26-20-18-17-13(8-11(22(29)30)9-15(17)25-20)16(31)5-4-12(27)6-7-23-18/h8-9,23,25H,3-7H2,1-2H3,(H,26,28)(H,29,30). The number of carbonyl (C=O) groups is 3. The van der Waals surface area contributed by atoms with Gasteiger partial charge in [0, 0.05) is 35.2 Å². The third-order valence-electron chi connectivity index (χ3n) is 5.37. The largest absolute Gasteiger partial charge is 0.478 e. The summed E-state index contributed by atoms with van der Waals surface area (Å²) < 4.78 is 0. The van der Waals surface area contributed by atoms with Crippen LogP contribution in [0.3, 0.4) is 0 Å². The van der Waals surface area contributed by atoms with Crippen LogP contribution in [0.5, 0.6) is 0 Å². The number of aromatic carboxylic acids is 1. The van der Waals surface area contributed by atoms with Gasteiger partial charge in [-0.05, 0) is 31.9 Å². The van der Waals surface area contributed by atoms with E-state index < -0.39 is 5.97 Å². The molecule has 1 aliphatic rings. The highest BCUT2D eigenvalue weighted by Gasteiger charge is 2.24. The van der Waals surface area contributed by atoms with Gasteiger partial charge in [0.25, 0.3) is 5.91 Å². The number of nitrogens with zero attached hydrogens (tertiary/aromatic N) is 1. The quantitative estimate of drug-likeness (QED) is 0.418. The van der Waals surface area contributed by atoms with E-state index in [4.69, 9.17) is 12.2 Å². The van der Waals surface area contributed by atoms with Crippen molar-refractivity contribution in [1.29, 1.82) is 0 Å². The molecule has 8 nitrogen and oxygen atoms in total. The van der Waals surface area contributed by atoms with Gasteiger partial charge in [0.1, 0.15) is 16.5 Å². The van der Waals surface area contributed by atoms with Gasteiger partial charge in [-0.2, -0.15) is 0 Å². The van der Waals surface area contributed by atoms with Crippen molar-refractivity contribution >= 4 is 68.5 Å². The Morgan fingerprint density at radius 1 is 1.28 bits per heavy atom. The second-order valence-electron chi connectivity index (χ2n) is 7.58. The number of amides is 1. The number of aryl methyl sites for hydroxylation is 2. The third-order valence-corrected chi connectivity index (χ3v) is 6.80. The normalized spacial score (nSPS) is 14.3. The highest BCUT2D eigenvalue weighted by atomic mass is 32.1. The number of ketones is 1. The molecule has 2 aromatic heterocycles. The van der Waals surface area contributed by atoms with Crippen molar-refractivity contribution < 1.29 is 19.5 Å². The lowest BCUT2D eigenvalue weighted by Gasteiger charge is -2.14. The molecule has 1 aliphatic heterocycles. The number of H-pyrrole nitrogens is 1. The number of nitrogens with one attached hydrogen (secondary N) is 3. The van der Waals surface area contributed by atoms with Gasteiger partial charge >= 0.3 is 5.97 Å². The lowest BCUT2D eigenvalue weighted by atomic mass is 9.97. The summed E-state index contributed by atoms with van der Waals surface area (Å²) in [5.41, 5.74) is 2.52. The molecule has 0 bridgehead atoms. The monoisotopic (exact) mass is 470 g/mol. The molecule has 0 saturated heterocycles. The molecule has 0 radical (unpaired) electrons. The molecule has 0 saturated carbocycles. The molecule has 1 aromatic carbocycles. The van der Waals surface area contributed by atoms with Gasteiger partial charge in [0.05, 0.1) is 27.5 Å². The number of Topliss-reactive ketones (excluding diaryl/α,β-unsaturated/α-hetero) is 1. The molecule has 10 heteroatoms. The van der Waals surface area contributed by atoms with Crippen LogP contribution in [-0.2, 0) is 11.2 Å². The predicted octanol–water partition coefficient (Wildman–Crippen LogP) is 4.33. The molecule has 0 atom stereocenters. The summed E-state index contributed by atoms with van der Waals surface area (Å²) in [4.78, 5) is 45.5. The summed E-state index contributed by atoms with van der Waals surface area (Å²) >= 11 is 6.90. The first-order valence-corrected chi connectivity index (χ1v) is 11.5. The second-order valence-corrected chi connectivity index (χ2v) is 9.28. The first-order valence-electron chi connectivity index (χ1n) is 10.3. The Labute approximate surface area is 193 Å². The number of benzene rings is 1. The number of aromatic nitrogens is 2. The average Bonchev–Trinajstić information content (AvgIpc) is 3.30. The minimum Gasteiger partial charge on any atom is -0.478 e. The van der Waals surface area contributed by atoms with E-state index in [2.05, 4.69) is 20.6 Å². The fraction of sp³-hybridized carbons (Fsp3) is 0.318. The van der Waals surface area contributed by atoms with Crippen LogP contribution in [0.25, 0.3) is 10.9 Å². The van der Waals surface area contributed by atoms with Crippen LogP contribution in [0.15, 0.2) is 12.1 Å². The van der Waals surface area contributed by atoms with Crippen LogP contribution in [0, 0.1) is 6.92 Å². The summed E-state index contributed by atoms with van der Waals surface area (Å²) in [6.45, 7) is 4.19. The topological polar surface area (TPSA) is 124 Å². The molecule has 0 spiro atoms. The van der Waals surface area contributed by atoms with E-state index >= 15 is 0 Å². The molecule has 4 rings (SSSR count). The maximum Gasteiger partial charge on any atom is 0.335 e. The van der Waals surface area contributed by atoms with E-state index in [0.717, 1.165) is 10.7 Å². The first kappa shape index (κ1) is 22.1. The van der Waals surface area contributed by atoms with Gasteiger partial charge in [-0.1, -0.05) is 19.1 Å². The van der Waals surface area contributed by atoms with Crippen molar-refractivity contribution in [3.05, 3.63) is 38.8 Å². The SMILES string of the molecule is CCc1nc(C)sc1C(=O)Nc1[nH]c2cc(C(=O)O)cc3c2c1NCCC(=O)CCC3=S. The van der Waals surface area contributed by atoms with E-state index in [1.54, 1.807) is 0 Å². The van der Waals surface area contributed by atoms with E-state index in [1.807, 2.05) is 13.8 Å². The number of hydrogen-bond donors (Lipinski definition) is 4. The number of hydrogen-bond acceptors (Lipinski definition) is 7. The van der Waals surface area contributed by atoms with Crippen LogP contribution < -0.4 is 10.6 Å². The Morgan fingerprint density at radius 2 is 2.06 bits per heavy atom. The van der Waals surface area contributed by atoms with Gasteiger partial charge in [0.2, 0.25) is 0 Å². The predicted molar refractivity (Wildman–Crippen MR) is 128 cm³/mol. The van der Waals surface area contributed by atoms with Crippen LogP contribution in [-0.4, -0.2) is 44.1 Å². The molecule has 32 heavy (non-hydrogen) atoms. The Bertz CT molecular complexity index is 1270. The van der Waals surface area contributed by atoms with Crippen molar-refractivity contribution in [2.24, 2.45) is 0 Å². The molecule has 0 fully saturated rings. The summed E-state index contributed by atoms with van der Waals surface area (Å²) in [6, 6.07) is 3.06. The number of carboxylic acids is 1. The highest BCUT2D eigenvalue weighted by Crippen LogP contribution is 2.37. The van der Waals surface area contributed by atoms with Gasteiger partial charge in [-0.3, -0.25) is 9.59 Å². The van der Waals surface area contributed by atoms with E-state index in [9.17, 15) is 19.5 Å². The van der Waals surface area contributed by atoms with Crippen LogP contribution in [0.2, 0.25) is 0 Å². The molecule has 0 aliphatic carbocycles. The Balaban J connectivity index is 1.85. The Morgan fingerprint density at radius 3 is 2.78 bits per heavy atom. The number of anilines is 2. The highest BCUT2D eigenvalue weighted by molar-refractivity contribution is 7.80. The third kappa shape index (κ3) is 4.15. The Kier molecular flexibility index (Phi) is 6.07. The second kappa shape index (κ2) is 8.79. The lowest BCUT2D eigenvalue weighted by molar-refractivity contribution is -0.118. The Hall–Kier alpha value is -3.11. The maximum absolute atomic E-state index is 13.1. The van der Waals surface area contributed by atoms with Crippen LogP contribution >= 0.6 is 23.6 Å². The molecule has 1 amide bonds. The fourth-order valence-electron chi connectivity index (χ4n) is 3.84. The van der Waals surface area contributed by atoms with Gasteiger partial charge in [-0.25, -0.2) is 9.78 Å². The maximum atomic E-state index is 13.1. The molecule has 3 heterocycles. The van der Waals surface area contributed by atoms with E-state index in [1.165, 1.54) is 23.5 Å². The number of thiazole rings is 1. The zero-order chi connectivity index (χ0) is 23.0. The first-order chi connectivity index (χ1) is 15.3. The minimum absolute atomic E-state index is 0.0720. The molecule has 166 valence electrons. The van der Waals surface area contributed by atoms with E-state index in [-0.39, 0.29) is 17.3 Å². The lowest BCUT2D eigenvalue weighted by Crippen LogP contribution is -2.16. The molecule has 0 unspecified atom stereocenters. The van der Waals surface area contributed by atoms with Crippen LogP contribution in [0.4, 0.5) is 11.5 Å². The zero-order valence-corrected chi connectivity index (χ0v) is 19.3. The van der Waals surface area contributed by atoms with Crippen molar-refractivity contribution in [2.75, 3.05) is 17.2 Å². The molecule has 3 aromatic rings. The summed E-state index contributed by atoms with van der Waals surface area (Å²) in [7, 11) is 0. The fourth-order valence-corrected chi connectivity index (χ4v) is 5.01. The zero-order valence-electron chi connectivity index (χ0n) is 17.6. The number of rotatable bonds is 4. The summed E-state index contributed by atoms with van der Waals surface area (Å²) in [5.74, 6) is -0.908. The molecule has 4 N–H and O–H groups in total. The smallest absolute Gasteiger partial charge is 0.335 e. The summed E-state index contributed by atoms with van der Waals surface area (Å²) in [5, 5.41) is 17.2. The number of carbonyl (C=O) groups excluding carboxylic acids is 2. The summed E-state index contributed by atoms with van der Waals surface area (Å²) in [6.07, 6.45) is 1.65. The van der Waals surface area contributed by atoms with Gasteiger partial charge in [-0.15, -0.1) is 11.3 Å². The van der Waals surface area contributed by atoms with E-state index in [0.29, 0.717) is 69.9 Å². The van der Waals surface area contributed by atoms with Crippen molar-refractivity contribution in [3.8, 4) is 0 Å². The van der Waals surface area contributed by atoms with Crippen LogP contribution in [0.1, 0.15) is 62.5 Å². The minimum atomic E-state index is -1.08.